The van der Waals surface area contributed by atoms with E-state index in [1.807, 2.05) is 0 Å². The minimum absolute atomic E-state index is 0.165. The van der Waals surface area contributed by atoms with E-state index >= 15 is 0 Å². The van der Waals surface area contributed by atoms with Gasteiger partial charge in [-0.2, -0.15) is 4.98 Å². The molecule has 0 bridgehead atoms. The lowest BCUT2D eigenvalue weighted by Crippen LogP contribution is -2.22. The standard InChI is InChI=1S/C6H8N4O3S/c1-2-12-3(7)4(11)13-6-9-5(8)14-10-6/h7H,2H2,1H3,(H2,8,9,10). The van der Waals surface area contributed by atoms with Gasteiger partial charge in [0.05, 0.1) is 6.61 Å². The average molecular weight is 216 g/mol. The van der Waals surface area contributed by atoms with Crippen molar-refractivity contribution in [3.8, 4) is 6.01 Å². The largest absolute Gasteiger partial charge is 0.473 e. The highest BCUT2D eigenvalue weighted by Crippen LogP contribution is 2.11. The smallest absolute Gasteiger partial charge is 0.401 e. The van der Waals surface area contributed by atoms with Crippen molar-refractivity contribution in [2.45, 2.75) is 6.92 Å². The monoisotopic (exact) mass is 216 g/mol. The maximum atomic E-state index is 11.0. The number of nitrogens with zero attached hydrogens (tertiary/aromatic N) is 2. The van der Waals surface area contributed by atoms with Crippen molar-refractivity contribution in [3.05, 3.63) is 0 Å². The second-order valence-corrected chi connectivity index (χ2v) is 2.85. The summed E-state index contributed by atoms with van der Waals surface area (Å²) in [5.41, 5.74) is 5.26. The van der Waals surface area contributed by atoms with Gasteiger partial charge in [-0.3, -0.25) is 5.41 Å². The number of carbonyl (C=O) groups excluding carboxylic acids is 1. The van der Waals surface area contributed by atoms with Gasteiger partial charge in [0, 0.05) is 11.5 Å². The molecular formula is C6H8N4O3S. The molecule has 3 N–H and O–H groups in total. The first-order valence-electron chi connectivity index (χ1n) is 3.66. The topological polar surface area (TPSA) is 111 Å². The van der Waals surface area contributed by atoms with Gasteiger partial charge in [0.15, 0.2) is 0 Å². The molecule has 0 atom stereocenters. The lowest BCUT2D eigenvalue weighted by molar-refractivity contribution is -0.129. The molecule has 0 aliphatic carbocycles. The Bertz CT molecular complexity index is 351. The molecule has 0 aliphatic rings. The number of rotatable bonds is 2. The summed E-state index contributed by atoms with van der Waals surface area (Å²) >= 11 is 0.900. The third-order valence-corrected chi connectivity index (χ3v) is 1.61. The van der Waals surface area contributed by atoms with E-state index in [0.717, 1.165) is 11.5 Å². The summed E-state index contributed by atoms with van der Waals surface area (Å²) in [6.45, 7) is 1.88. The summed E-state index contributed by atoms with van der Waals surface area (Å²) in [6, 6.07) is -0.165. The number of nitrogen functional groups attached to an aromatic ring is 1. The Morgan fingerprint density at radius 1 is 1.71 bits per heavy atom. The van der Waals surface area contributed by atoms with E-state index in [4.69, 9.17) is 11.1 Å². The van der Waals surface area contributed by atoms with Gasteiger partial charge >= 0.3 is 12.0 Å². The van der Waals surface area contributed by atoms with Gasteiger partial charge in [-0.15, -0.1) is 4.37 Å². The van der Waals surface area contributed by atoms with Crippen LogP contribution in [0.4, 0.5) is 5.13 Å². The number of anilines is 1. The Hall–Kier alpha value is -1.70. The highest BCUT2D eigenvalue weighted by atomic mass is 32.1. The van der Waals surface area contributed by atoms with Gasteiger partial charge in [0.25, 0.3) is 5.90 Å². The number of ether oxygens (including phenoxy) is 2. The predicted octanol–water partition coefficient (Wildman–Crippen LogP) is 0.0395. The number of esters is 1. The number of hydrogen-bond acceptors (Lipinski definition) is 8. The van der Waals surface area contributed by atoms with E-state index in [-0.39, 0.29) is 17.7 Å². The Morgan fingerprint density at radius 2 is 2.43 bits per heavy atom. The molecule has 0 aliphatic heterocycles. The van der Waals surface area contributed by atoms with Crippen LogP contribution >= 0.6 is 11.5 Å². The summed E-state index contributed by atoms with van der Waals surface area (Å²) in [5, 5.41) is 7.26. The Labute approximate surface area is 83.5 Å². The maximum Gasteiger partial charge on any atom is 0.401 e. The zero-order chi connectivity index (χ0) is 10.6. The normalized spacial score (nSPS) is 9.50. The summed E-state index contributed by atoms with van der Waals surface area (Å²) in [7, 11) is 0. The first-order valence-corrected chi connectivity index (χ1v) is 4.43. The van der Waals surface area contributed by atoms with Crippen molar-refractivity contribution in [2.24, 2.45) is 0 Å². The molecule has 0 fully saturated rings. The molecule has 7 nitrogen and oxygen atoms in total. The van der Waals surface area contributed by atoms with Crippen LogP contribution in [0.1, 0.15) is 6.92 Å². The zero-order valence-electron chi connectivity index (χ0n) is 7.31. The molecule has 0 unspecified atom stereocenters. The third kappa shape index (κ3) is 2.66. The van der Waals surface area contributed by atoms with E-state index in [1.54, 1.807) is 6.92 Å². The minimum Gasteiger partial charge on any atom is -0.473 e. The van der Waals surface area contributed by atoms with Crippen LogP contribution in [-0.2, 0) is 9.53 Å². The van der Waals surface area contributed by atoms with Crippen LogP contribution in [0.15, 0.2) is 0 Å². The van der Waals surface area contributed by atoms with Crippen molar-refractivity contribution in [2.75, 3.05) is 12.3 Å². The van der Waals surface area contributed by atoms with Crippen LogP contribution in [0.3, 0.4) is 0 Å². The number of nitrogens with one attached hydrogen (secondary N) is 1. The molecule has 8 heteroatoms. The van der Waals surface area contributed by atoms with Crippen molar-refractivity contribution in [1.29, 1.82) is 5.41 Å². The van der Waals surface area contributed by atoms with E-state index in [1.165, 1.54) is 0 Å². The maximum absolute atomic E-state index is 11.0. The van der Waals surface area contributed by atoms with Crippen molar-refractivity contribution in [1.82, 2.24) is 9.36 Å². The molecule has 1 aromatic rings. The van der Waals surface area contributed by atoms with Gasteiger partial charge in [-0.1, -0.05) is 0 Å². The van der Waals surface area contributed by atoms with Crippen molar-refractivity contribution >= 4 is 28.5 Å². The fourth-order valence-corrected chi connectivity index (χ4v) is 0.964. The molecular weight excluding hydrogens is 208 g/mol. The van der Waals surface area contributed by atoms with Crippen molar-refractivity contribution < 1.29 is 14.3 Å². The number of carbonyl (C=O) groups is 1. The SMILES string of the molecule is CCOC(=N)C(=O)Oc1nsc(N)n1. The second-order valence-electron chi connectivity index (χ2n) is 2.07. The zero-order valence-corrected chi connectivity index (χ0v) is 8.13. The quantitative estimate of drug-likeness (QED) is 0.410. The summed E-state index contributed by atoms with van der Waals surface area (Å²) < 4.78 is 12.8. The summed E-state index contributed by atoms with van der Waals surface area (Å²) in [4.78, 5) is 14.6. The Morgan fingerprint density at radius 3 is 2.93 bits per heavy atom. The van der Waals surface area contributed by atoms with Crippen LogP contribution in [-0.4, -0.2) is 27.8 Å². The lowest BCUT2D eigenvalue weighted by Gasteiger charge is -2.01. The first kappa shape index (κ1) is 10.4. The lowest BCUT2D eigenvalue weighted by atomic mass is 10.6. The Balaban J connectivity index is 2.53. The molecule has 1 heterocycles. The molecule has 0 aromatic carbocycles. The molecule has 0 amide bonds. The van der Waals surface area contributed by atoms with E-state index in [9.17, 15) is 4.79 Å². The molecule has 1 aromatic heterocycles. The number of aromatic nitrogens is 2. The van der Waals surface area contributed by atoms with Crippen LogP contribution in [0.2, 0.25) is 0 Å². The summed E-state index contributed by atoms with van der Waals surface area (Å²) in [5.74, 6) is -1.52. The molecule has 14 heavy (non-hydrogen) atoms. The van der Waals surface area contributed by atoms with Gasteiger partial charge in [0.1, 0.15) is 0 Å². The van der Waals surface area contributed by atoms with Crippen molar-refractivity contribution in [3.63, 3.8) is 0 Å². The fourth-order valence-electron chi connectivity index (χ4n) is 0.595. The molecule has 0 saturated heterocycles. The van der Waals surface area contributed by atoms with E-state index < -0.39 is 11.9 Å². The summed E-state index contributed by atoms with van der Waals surface area (Å²) in [6.07, 6.45) is 0. The van der Waals surface area contributed by atoms with Crippen LogP contribution in [0.5, 0.6) is 6.01 Å². The first-order chi connectivity index (χ1) is 6.63. The third-order valence-electron chi connectivity index (χ3n) is 1.08. The van der Waals surface area contributed by atoms with Gasteiger partial charge in [-0.25, -0.2) is 4.79 Å². The molecule has 1 rings (SSSR count). The van der Waals surface area contributed by atoms with Crippen LogP contribution in [0, 0.1) is 5.41 Å². The number of nitrogens with two attached hydrogens (primary N) is 1. The number of hydrogen-bond donors (Lipinski definition) is 2. The fraction of sp³-hybridized carbons (Fsp3) is 0.333. The minimum atomic E-state index is -0.940. The van der Waals surface area contributed by atoms with E-state index in [2.05, 4.69) is 18.8 Å². The molecule has 76 valence electrons. The average Bonchev–Trinajstić information content (AvgIpc) is 2.51. The van der Waals surface area contributed by atoms with Gasteiger partial charge in [0.2, 0.25) is 5.13 Å². The molecule has 0 saturated carbocycles. The second kappa shape index (κ2) is 4.51. The highest BCUT2D eigenvalue weighted by molar-refractivity contribution is 7.09. The van der Waals surface area contributed by atoms with Gasteiger partial charge in [-0.05, 0) is 6.92 Å². The highest BCUT2D eigenvalue weighted by Gasteiger charge is 2.15. The predicted molar refractivity (Wildman–Crippen MR) is 49.3 cm³/mol. The van der Waals surface area contributed by atoms with Gasteiger partial charge < -0.3 is 15.2 Å². The van der Waals surface area contributed by atoms with Crippen LogP contribution in [0.25, 0.3) is 0 Å². The van der Waals surface area contributed by atoms with E-state index in [0.29, 0.717) is 0 Å². The van der Waals surface area contributed by atoms with Crippen LogP contribution < -0.4 is 10.5 Å². The Kier molecular flexibility index (Phi) is 3.35. The molecule has 0 radical (unpaired) electrons. The molecule has 0 spiro atoms.